The smallest absolute Gasteiger partial charge is 0.148 e. The highest BCUT2D eigenvalue weighted by Gasteiger charge is 2.22. The highest BCUT2D eigenvalue weighted by molar-refractivity contribution is 5.32. The van der Waals surface area contributed by atoms with Crippen molar-refractivity contribution in [2.75, 3.05) is 26.8 Å². The van der Waals surface area contributed by atoms with Crippen molar-refractivity contribution in [1.29, 1.82) is 0 Å². The van der Waals surface area contributed by atoms with Crippen molar-refractivity contribution >= 4 is 0 Å². The van der Waals surface area contributed by atoms with Crippen molar-refractivity contribution in [3.05, 3.63) is 48.0 Å². The third kappa shape index (κ3) is 3.31. The van der Waals surface area contributed by atoms with Crippen LogP contribution >= 0.6 is 0 Å². The van der Waals surface area contributed by atoms with Gasteiger partial charge in [-0.15, -0.1) is 0 Å². The van der Waals surface area contributed by atoms with Crippen LogP contribution in [0.2, 0.25) is 0 Å². The Morgan fingerprint density at radius 2 is 2.24 bits per heavy atom. The summed E-state index contributed by atoms with van der Waals surface area (Å²) in [5, 5.41) is 4.27. The molecule has 0 N–H and O–H groups in total. The van der Waals surface area contributed by atoms with E-state index in [-0.39, 0.29) is 5.82 Å². The standard InChI is InChI=1S/C16H20FN3O/c1-21-12-13-6-7-19(9-13)10-14-8-18-20(11-14)16-5-3-2-4-15(16)17/h2-5,8,11,13H,6-7,9-10,12H2,1H3. The molecule has 1 saturated heterocycles. The lowest BCUT2D eigenvalue weighted by atomic mass is 10.1. The summed E-state index contributed by atoms with van der Waals surface area (Å²) in [7, 11) is 1.75. The lowest BCUT2D eigenvalue weighted by molar-refractivity contribution is 0.152. The average Bonchev–Trinajstić information content (AvgIpc) is 3.10. The number of para-hydroxylation sites is 1. The SMILES string of the molecule is COCC1CCN(Cc2cnn(-c3ccccc3F)c2)C1. The van der Waals surface area contributed by atoms with E-state index in [0.29, 0.717) is 11.6 Å². The van der Waals surface area contributed by atoms with Gasteiger partial charge >= 0.3 is 0 Å². The maximum absolute atomic E-state index is 13.7. The molecule has 21 heavy (non-hydrogen) atoms. The summed E-state index contributed by atoms with van der Waals surface area (Å²) in [6.45, 7) is 3.82. The largest absolute Gasteiger partial charge is 0.384 e. The Labute approximate surface area is 124 Å². The fraction of sp³-hybridized carbons (Fsp3) is 0.438. The molecule has 1 unspecified atom stereocenters. The van der Waals surface area contributed by atoms with Crippen molar-refractivity contribution in [1.82, 2.24) is 14.7 Å². The van der Waals surface area contributed by atoms with Crippen molar-refractivity contribution < 1.29 is 9.13 Å². The van der Waals surface area contributed by atoms with Gasteiger partial charge in [-0.2, -0.15) is 5.10 Å². The number of rotatable bonds is 5. The molecule has 1 aromatic heterocycles. The number of hydrogen-bond acceptors (Lipinski definition) is 3. The Hall–Kier alpha value is -1.72. The van der Waals surface area contributed by atoms with Gasteiger partial charge in [0, 0.05) is 32.0 Å². The maximum Gasteiger partial charge on any atom is 0.148 e. The van der Waals surface area contributed by atoms with Crippen LogP contribution in [0, 0.1) is 11.7 Å². The van der Waals surface area contributed by atoms with Crippen LogP contribution in [0.4, 0.5) is 4.39 Å². The molecule has 1 fully saturated rings. The average molecular weight is 289 g/mol. The second-order valence-corrected chi connectivity index (χ2v) is 5.59. The van der Waals surface area contributed by atoms with Crippen molar-refractivity contribution in [2.45, 2.75) is 13.0 Å². The zero-order valence-electron chi connectivity index (χ0n) is 12.2. The molecule has 4 nitrogen and oxygen atoms in total. The molecule has 3 rings (SSSR count). The van der Waals surface area contributed by atoms with Crippen molar-refractivity contribution in [3.63, 3.8) is 0 Å². The minimum absolute atomic E-state index is 0.256. The molecule has 1 aliphatic heterocycles. The number of methoxy groups -OCH3 is 1. The van der Waals surface area contributed by atoms with E-state index in [2.05, 4.69) is 10.00 Å². The summed E-state index contributed by atoms with van der Waals surface area (Å²) in [5.74, 6) is 0.366. The van der Waals surface area contributed by atoms with E-state index in [9.17, 15) is 4.39 Å². The van der Waals surface area contributed by atoms with E-state index in [1.54, 1.807) is 23.9 Å². The van der Waals surface area contributed by atoms with E-state index in [1.165, 1.54) is 12.5 Å². The number of aromatic nitrogens is 2. The molecule has 0 amide bonds. The molecule has 0 saturated carbocycles. The highest BCUT2D eigenvalue weighted by atomic mass is 19.1. The number of halogens is 1. The Morgan fingerprint density at radius 1 is 1.38 bits per heavy atom. The lowest BCUT2D eigenvalue weighted by Crippen LogP contribution is -2.21. The van der Waals surface area contributed by atoms with E-state index in [1.807, 2.05) is 18.5 Å². The molecule has 1 aliphatic rings. The highest BCUT2D eigenvalue weighted by Crippen LogP contribution is 2.19. The van der Waals surface area contributed by atoms with Crippen LogP contribution in [-0.4, -0.2) is 41.5 Å². The third-order valence-corrected chi connectivity index (χ3v) is 3.91. The zero-order valence-corrected chi connectivity index (χ0v) is 12.2. The summed E-state index contributed by atoms with van der Waals surface area (Å²) in [6, 6.07) is 6.68. The van der Waals surface area contributed by atoms with Gasteiger partial charge in [-0.1, -0.05) is 12.1 Å². The molecule has 1 aromatic carbocycles. The molecule has 112 valence electrons. The molecule has 1 atom stereocenters. The molecule has 2 aromatic rings. The topological polar surface area (TPSA) is 30.3 Å². The second-order valence-electron chi connectivity index (χ2n) is 5.59. The van der Waals surface area contributed by atoms with E-state index in [4.69, 9.17) is 4.74 Å². The molecule has 5 heteroatoms. The Kier molecular flexibility index (Phi) is 4.31. The van der Waals surface area contributed by atoms with Crippen LogP contribution in [0.15, 0.2) is 36.7 Å². The summed E-state index contributed by atoms with van der Waals surface area (Å²) in [4.78, 5) is 2.40. The minimum Gasteiger partial charge on any atom is -0.384 e. The van der Waals surface area contributed by atoms with Gasteiger partial charge in [-0.25, -0.2) is 9.07 Å². The second kappa shape index (κ2) is 6.37. The van der Waals surface area contributed by atoms with Gasteiger partial charge in [-0.05, 0) is 31.0 Å². The van der Waals surface area contributed by atoms with Gasteiger partial charge < -0.3 is 4.74 Å². The van der Waals surface area contributed by atoms with Gasteiger partial charge in [0.25, 0.3) is 0 Å². The number of ether oxygens (including phenoxy) is 1. The fourth-order valence-electron chi connectivity index (χ4n) is 2.90. The number of nitrogens with zero attached hydrogens (tertiary/aromatic N) is 3. The van der Waals surface area contributed by atoms with Crippen LogP contribution in [-0.2, 0) is 11.3 Å². The lowest BCUT2D eigenvalue weighted by Gasteiger charge is -2.14. The van der Waals surface area contributed by atoms with Gasteiger partial charge in [0.15, 0.2) is 0 Å². The first-order valence-electron chi connectivity index (χ1n) is 7.26. The fourth-order valence-corrected chi connectivity index (χ4v) is 2.90. The Bertz CT molecular complexity index is 599. The number of likely N-dealkylation sites (tertiary alicyclic amines) is 1. The summed E-state index contributed by atoms with van der Waals surface area (Å²) in [6.07, 6.45) is 4.90. The Morgan fingerprint density at radius 3 is 3.05 bits per heavy atom. The number of hydrogen-bond donors (Lipinski definition) is 0. The van der Waals surface area contributed by atoms with Crippen LogP contribution < -0.4 is 0 Å². The predicted octanol–water partition coefficient (Wildman–Crippen LogP) is 2.48. The molecule has 2 heterocycles. The van der Waals surface area contributed by atoms with Crippen LogP contribution in [0.1, 0.15) is 12.0 Å². The quantitative estimate of drug-likeness (QED) is 0.847. The van der Waals surface area contributed by atoms with Crippen LogP contribution in [0.25, 0.3) is 5.69 Å². The monoisotopic (exact) mass is 289 g/mol. The van der Waals surface area contributed by atoms with E-state index in [0.717, 1.165) is 31.8 Å². The molecule has 0 radical (unpaired) electrons. The van der Waals surface area contributed by atoms with Crippen LogP contribution in [0.5, 0.6) is 0 Å². The maximum atomic E-state index is 13.7. The van der Waals surface area contributed by atoms with Crippen LogP contribution in [0.3, 0.4) is 0 Å². The molecule has 0 bridgehead atoms. The Balaban J connectivity index is 1.65. The van der Waals surface area contributed by atoms with Gasteiger partial charge in [0.05, 0.1) is 12.8 Å². The zero-order chi connectivity index (χ0) is 14.7. The summed E-state index contributed by atoms with van der Waals surface area (Å²) < 4.78 is 20.6. The normalized spacial score (nSPS) is 19.2. The molecule has 0 aliphatic carbocycles. The minimum atomic E-state index is -0.256. The van der Waals surface area contributed by atoms with E-state index >= 15 is 0 Å². The van der Waals surface area contributed by atoms with Crippen molar-refractivity contribution in [3.8, 4) is 5.69 Å². The first-order valence-corrected chi connectivity index (χ1v) is 7.26. The third-order valence-electron chi connectivity index (χ3n) is 3.91. The first kappa shape index (κ1) is 14.2. The van der Waals surface area contributed by atoms with Gasteiger partial charge in [0.2, 0.25) is 0 Å². The molecular weight excluding hydrogens is 269 g/mol. The van der Waals surface area contributed by atoms with Crippen molar-refractivity contribution in [2.24, 2.45) is 5.92 Å². The predicted molar refractivity (Wildman–Crippen MR) is 78.8 cm³/mol. The summed E-state index contributed by atoms with van der Waals surface area (Å²) >= 11 is 0. The van der Waals surface area contributed by atoms with Gasteiger partial charge in [0.1, 0.15) is 11.5 Å². The number of benzene rings is 1. The first-order chi connectivity index (χ1) is 10.3. The summed E-state index contributed by atoms with van der Waals surface area (Å²) in [5.41, 5.74) is 1.60. The van der Waals surface area contributed by atoms with Gasteiger partial charge in [-0.3, -0.25) is 4.90 Å². The molecular formula is C16H20FN3O. The van der Waals surface area contributed by atoms with E-state index < -0.39 is 0 Å². The molecule has 0 spiro atoms.